The van der Waals surface area contributed by atoms with E-state index in [1.807, 2.05) is 6.07 Å². The summed E-state index contributed by atoms with van der Waals surface area (Å²) in [5, 5.41) is 11.0. The topological polar surface area (TPSA) is 96.4 Å². The fourth-order valence-electron chi connectivity index (χ4n) is 2.76. The molecule has 0 unspecified atom stereocenters. The quantitative estimate of drug-likeness (QED) is 0.615. The smallest absolute Gasteiger partial charge is 0.333 e. The van der Waals surface area contributed by atoms with E-state index in [4.69, 9.17) is 4.74 Å². The maximum Gasteiger partial charge on any atom is 0.333 e. The molecule has 2 heterocycles. The highest BCUT2D eigenvalue weighted by Gasteiger charge is 2.32. The van der Waals surface area contributed by atoms with E-state index in [0.717, 1.165) is 4.57 Å². The third kappa shape index (κ3) is 2.51. The highest BCUT2D eigenvalue weighted by atomic mass is 16.6. The van der Waals surface area contributed by atoms with Crippen LogP contribution in [0.3, 0.4) is 0 Å². The van der Waals surface area contributed by atoms with Crippen LogP contribution < -0.4 is 16.0 Å². The summed E-state index contributed by atoms with van der Waals surface area (Å²) in [4.78, 5) is 35.1. The van der Waals surface area contributed by atoms with Gasteiger partial charge >= 0.3 is 5.69 Å². The van der Waals surface area contributed by atoms with Gasteiger partial charge in [0.25, 0.3) is 5.56 Å². The maximum atomic E-state index is 12.4. The second-order valence-corrected chi connectivity index (χ2v) is 5.55. The van der Waals surface area contributed by atoms with Gasteiger partial charge in [-0.3, -0.25) is 24.0 Å². The van der Waals surface area contributed by atoms with Crippen LogP contribution in [-0.4, -0.2) is 20.6 Å². The first kappa shape index (κ1) is 15.7. The lowest BCUT2D eigenvalue weighted by molar-refractivity contribution is -0.481. The summed E-state index contributed by atoms with van der Waals surface area (Å²) in [6, 6.07) is 9.03. The predicted molar refractivity (Wildman–Crippen MR) is 86.6 cm³/mol. The second-order valence-electron chi connectivity index (χ2n) is 5.55. The lowest BCUT2D eigenvalue weighted by atomic mass is 9.96. The Morgan fingerprint density at radius 3 is 2.46 bits per heavy atom. The van der Waals surface area contributed by atoms with E-state index in [0.29, 0.717) is 11.3 Å². The number of nitro groups is 1. The normalized spacial score (nSPS) is 16.1. The van der Waals surface area contributed by atoms with Crippen molar-refractivity contribution >= 4 is 5.76 Å². The minimum Gasteiger partial charge on any atom is -0.440 e. The number of fused-ring (bicyclic) bond motifs is 1. The molecule has 0 radical (unpaired) electrons. The summed E-state index contributed by atoms with van der Waals surface area (Å²) in [6.07, 6.45) is 1.56. The van der Waals surface area contributed by atoms with Crippen LogP contribution >= 0.6 is 0 Å². The Labute approximate surface area is 136 Å². The van der Waals surface area contributed by atoms with Crippen molar-refractivity contribution in [3.8, 4) is 5.88 Å². The van der Waals surface area contributed by atoms with E-state index in [1.54, 1.807) is 30.3 Å². The number of hydrogen-bond donors (Lipinski definition) is 0. The molecule has 0 aliphatic carbocycles. The van der Waals surface area contributed by atoms with Crippen molar-refractivity contribution in [1.29, 1.82) is 0 Å². The highest BCUT2D eigenvalue weighted by molar-refractivity contribution is 5.65. The van der Waals surface area contributed by atoms with Crippen molar-refractivity contribution in [1.82, 2.24) is 9.13 Å². The molecule has 1 aromatic heterocycles. The number of rotatable bonds is 3. The second kappa shape index (κ2) is 5.80. The molecule has 0 fully saturated rings. The van der Waals surface area contributed by atoms with Crippen LogP contribution in [0.1, 0.15) is 17.0 Å². The molecular formula is C16H15N3O5. The molecule has 8 heteroatoms. The summed E-state index contributed by atoms with van der Waals surface area (Å²) in [7, 11) is 2.81. The molecule has 0 bridgehead atoms. The van der Waals surface area contributed by atoms with Gasteiger partial charge in [0.05, 0.1) is 11.5 Å². The molecule has 1 atom stereocenters. The van der Waals surface area contributed by atoms with Gasteiger partial charge in [-0.15, -0.1) is 0 Å². The third-order valence-electron chi connectivity index (χ3n) is 3.98. The Kier molecular flexibility index (Phi) is 3.80. The first-order valence-corrected chi connectivity index (χ1v) is 7.27. The Morgan fingerprint density at radius 2 is 1.83 bits per heavy atom. The van der Waals surface area contributed by atoms with Crippen LogP contribution in [0.15, 0.2) is 46.0 Å². The van der Waals surface area contributed by atoms with Crippen molar-refractivity contribution < 1.29 is 9.66 Å². The molecule has 124 valence electrons. The van der Waals surface area contributed by atoms with Crippen LogP contribution in [0.2, 0.25) is 0 Å². The van der Waals surface area contributed by atoms with Crippen LogP contribution in [0.5, 0.6) is 5.88 Å². The van der Waals surface area contributed by atoms with Crippen molar-refractivity contribution in [2.45, 2.75) is 5.92 Å². The largest absolute Gasteiger partial charge is 0.440 e. The third-order valence-corrected chi connectivity index (χ3v) is 3.98. The fourth-order valence-corrected chi connectivity index (χ4v) is 2.76. The van der Waals surface area contributed by atoms with Crippen molar-refractivity contribution in [3.63, 3.8) is 0 Å². The minimum atomic E-state index is -0.774. The molecule has 0 amide bonds. The number of benzene rings is 1. The van der Waals surface area contributed by atoms with Gasteiger partial charge in [-0.05, 0) is 6.08 Å². The summed E-state index contributed by atoms with van der Waals surface area (Å²) < 4.78 is 7.89. The van der Waals surface area contributed by atoms with Crippen molar-refractivity contribution in [2.24, 2.45) is 14.1 Å². The SMILES string of the molecule is Cn1c2c(c(=O)n(C)c1=O)[C@H](C[N+](=O)[O-])C=C(c1ccccc1)O2. The Morgan fingerprint density at radius 1 is 1.17 bits per heavy atom. The van der Waals surface area contributed by atoms with Crippen molar-refractivity contribution in [2.75, 3.05) is 6.54 Å². The lowest BCUT2D eigenvalue weighted by Gasteiger charge is -2.24. The molecule has 2 aromatic rings. The summed E-state index contributed by atoms with van der Waals surface area (Å²) in [5.74, 6) is -0.334. The molecular weight excluding hydrogens is 314 g/mol. The molecule has 0 spiro atoms. The number of hydrogen-bond acceptors (Lipinski definition) is 5. The number of nitrogens with zero attached hydrogens (tertiary/aromatic N) is 3. The molecule has 1 aliphatic heterocycles. The standard InChI is InChI=1S/C16H15N3O5/c1-17-14(20)13-11(9-19(22)23)8-12(10-6-4-3-5-7-10)24-15(13)18(2)16(17)21/h3-8,11H,9H2,1-2H3/t11-/m0/s1. The molecule has 8 nitrogen and oxygen atoms in total. The molecule has 24 heavy (non-hydrogen) atoms. The first-order valence-electron chi connectivity index (χ1n) is 7.27. The van der Waals surface area contributed by atoms with E-state index in [1.165, 1.54) is 18.7 Å². The van der Waals surface area contributed by atoms with E-state index < -0.39 is 28.6 Å². The minimum absolute atomic E-state index is 0.0521. The van der Waals surface area contributed by atoms with Gasteiger partial charge in [0.15, 0.2) is 0 Å². The summed E-state index contributed by atoms with van der Waals surface area (Å²) in [5.41, 5.74) is -0.295. The van der Waals surface area contributed by atoms with Gasteiger partial charge < -0.3 is 4.74 Å². The van der Waals surface area contributed by atoms with Gasteiger partial charge in [-0.2, -0.15) is 0 Å². The maximum absolute atomic E-state index is 12.4. The van der Waals surface area contributed by atoms with Gasteiger partial charge in [0.2, 0.25) is 12.4 Å². The average molecular weight is 329 g/mol. The van der Waals surface area contributed by atoms with Gasteiger partial charge in [-0.1, -0.05) is 30.3 Å². The summed E-state index contributed by atoms with van der Waals surface area (Å²) >= 11 is 0. The van der Waals surface area contributed by atoms with Gasteiger partial charge in [-0.25, -0.2) is 4.79 Å². The van der Waals surface area contributed by atoms with Crippen LogP contribution in [-0.2, 0) is 14.1 Å². The Hall–Kier alpha value is -3.16. The van der Waals surface area contributed by atoms with Crippen LogP contribution in [0.4, 0.5) is 0 Å². The molecule has 0 saturated carbocycles. The summed E-state index contributed by atoms with van der Waals surface area (Å²) in [6.45, 7) is -0.458. The Bertz CT molecular complexity index is 956. The molecule has 3 rings (SSSR count). The average Bonchev–Trinajstić information content (AvgIpc) is 2.57. The van der Waals surface area contributed by atoms with Crippen LogP contribution in [0.25, 0.3) is 5.76 Å². The van der Waals surface area contributed by atoms with E-state index in [-0.39, 0.29) is 11.4 Å². The number of ether oxygens (including phenoxy) is 1. The fraction of sp³-hybridized carbons (Fsp3) is 0.250. The van der Waals surface area contributed by atoms with Crippen molar-refractivity contribution in [3.05, 3.63) is 78.5 Å². The lowest BCUT2D eigenvalue weighted by Crippen LogP contribution is -2.41. The van der Waals surface area contributed by atoms with E-state index in [9.17, 15) is 19.7 Å². The zero-order chi connectivity index (χ0) is 17.4. The van der Waals surface area contributed by atoms with Gasteiger partial charge in [0.1, 0.15) is 5.76 Å². The van der Waals surface area contributed by atoms with Gasteiger partial charge in [0, 0.05) is 24.6 Å². The molecule has 1 aromatic carbocycles. The molecule has 1 aliphatic rings. The first-order chi connectivity index (χ1) is 11.4. The zero-order valence-corrected chi connectivity index (χ0v) is 13.1. The predicted octanol–water partition coefficient (Wildman–Crippen LogP) is 0.878. The highest BCUT2D eigenvalue weighted by Crippen LogP contribution is 2.34. The molecule has 0 saturated heterocycles. The Balaban J connectivity index is 2.24. The van der Waals surface area contributed by atoms with E-state index >= 15 is 0 Å². The molecule has 0 N–H and O–H groups in total. The van der Waals surface area contributed by atoms with Crippen LogP contribution in [0, 0.1) is 10.1 Å². The zero-order valence-electron chi connectivity index (χ0n) is 13.1. The monoisotopic (exact) mass is 329 g/mol. The van der Waals surface area contributed by atoms with E-state index in [2.05, 4.69) is 0 Å². The number of aromatic nitrogens is 2.